The van der Waals surface area contributed by atoms with E-state index in [1.807, 2.05) is 66.7 Å². The molecule has 2 aromatic carbocycles. The van der Waals surface area contributed by atoms with Crippen molar-refractivity contribution in [1.82, 2.24) is 0 Å². The van der Waals surface area contributed by atoms with E-state index in [2.05, 4.69) is 6.92 Å². The lowest BCUT2D eigenvalue weighted by atomic mass is 10.1. The molecule has 1 aliphatic rings. The van der Waals surface area contributed by atoms with Crippen molar-refractivity contribution in [3.8, 4) is 0 Å². The SMILES string of the molecule is CCCC(CC/C=C\C(=O)N(c1ccccc1)c1ccccc1)OC1CCCCO1. The molecule has 2 unspecified atom stereocenters. The number of carbonyl (C=O) groups excluding carboxylic acids is 1. The van der Waals surface area contributed by atoms with Crippen LogP contribution in [0.2, 0.25) is 0 Å². The molecule has 3 rings (SSSR count). The third-order valence-electron chi connectivity index (χ3n) is 5.26. The lowest BCUT2D eigenvalue weighted by Gasteiger charge is -2.27. The molecule has 30 heavy (non-hydrogen) atoms. The second-order valence-electron chi connectivity index (χ2n) is 7.67. The number of para-hydroxylation sites is 2. The minimum absolute atomic E-state index is 0.0454. The summed E-state index contributed by atoms with van der Waals surface area (Å²) in [7, 11) is 0. The molecule has 1 aliphatic heterocycles. The van der Waals surface area contributed by atoms with Gasteiger partial charge in [-0.15, -0.1) is 0 Å². The van der Waals surface area contributed by atoms with Crippen LogP contribution in [0.25, 0.3) is 0 Å². The number of hydrogen-bond acceptors (Lipinski definition) is 3. The predicted octanol–water partition coefficient (Wildman–Crippen LogP) is 6.40. The summed E-state index contributed by atoms with van der Waals surface area (Å²) >= 11 is 0. The highest BCUT2D eigenvalue weighted by atomic mass is 16.7. The van der Waals surface area contributed by atoms with Crippen LogP contribution in [-0.4, -0.2) is 24.9 Å². The first-order valence-electron chi connectivity index (χ1n) is 11.2. The number of amides is 1. The lowest BCUT2D eigenvalue weighted by molar-refractivity contribution is -0.190. The van der Waals surface area contributed by atoms with Crippen molar-refractivity contribution >= 4 is 17.3 Å². The van der Waals surface area contributed by atoms with Crippen molar-refractivity contribution < 1.29 is 14.3 Å². The van der Waals surface area contributed by atoms with E-state index < -0.39 is 0 Å². The highest BCUT2D eigenvalue weighted by molar-refractivity contribution is 6.06. The van der Waals surface area contributed by atoms with Crippen molar-refractivity contribution in [1.29, 1.82) is 0 Å². The molecule has 160 valence electrons. The van der Waals surface area contributed by atoms with Gasteiger partial charge >= 0.3 is 0 Å². The summed E-state index contributed by atoms with van der Waals surface area (Å²) in [5.41, 5.74) is 1.72. The summed E-state index contributed by atoms with van der Waals surface area (Å²) in [6.45, 7) is 2.97. The number of rotatable bonds is 10. The molecule has 1 amide bonds. The van der Waals surface area contributed by atoms with Crippen LogP contribution >= 0.6 is 0 Å². The van der Waals surface area contributed by atoms with E-state index in [4.69, 9.17) is 9.47 Å². The first-order valence-corrected chi connectivity index (χ1v) is 11.2. The summed E-state index contributed by atoms with van der Waals surface area (Å²) in [6, 6.07) is 19.5. The van der Waals surface area contributed by atoms with E-state index in [1.165, 1.54) is 6.42 Å². The van der Waals surface area contributed by atoms with Gasteiger partial charge in [-0.05, 0) is 68.9 Å². The van der Waals surface area contributed by atoms with Crippen molar-refractivity contribution in [2.45, 2.75) is 64.3 Å². The molecule has 4 nitrogen and oxygen atoms in total. The van der Waals surface area contributed by atoms with Gasteiger partial charge < -0.3 is 9.47 Å². The zero-order valence-corrected chi connectivity index (χ0v) is 17.9. The number of ether oxygens (including phenoxy) is 2. The van der Waals surface area contributed by atoms with Gasteiger partial charge in [0.15, 0.2) is 6.29 Å². The zero-order valence-electron chi connectivity index (χ0n) is 17.9. The number of nitrogens with zero attached hydrogens (tertiary/aromatic N) is 1. The van der Waals surface area contributed by atoms with Gasteiger partial charge in [0, 0.05) is 18.0 Å². The van der Waals surface area contributed by atoms with Crippen LogP contribution in [-0.2, 0) is 14.3 Å². The van der Waals surface area contributed by atoms with Gasteiger partial charge in [0.25, 0.3) is 5.91 Å². The Balaban J connectivity index is 1.59. The fraction of sp³-hybridized carbons (Fsp3) is 0.423. The fourth-order valence-corrected chi connectivity index (χ4v) is 3.73. The molecule has 0 N–H and O–H groups in total. The maximum absolute atomic E-state index is 13.0. The van der Waals surface area contributed by atoms with E-state index in [1.54, 1.807) is 11.0 Å². The summed E-state index contributed by atoms with van der Waals surface area (Å²) in [6.07, 6.45) is 10.8. The second kappa shape index (κ2) is 12.3. The average molecular weight is 408 g/mol. The van der Waals surface area contributed by atoms with Crippen LogP contribution in [0.1, 0.15) is 51.9 Å². The van der Waals surface area contributed by atoms with Crippen molar-refractivity contribution in [2.75, 3.05) is 11.5 Å². The molecule has 0 spiro atoms. The number of benzene rings is 2. The molecule has 0 saturated carbocycles. The van der Waals surface area contributed by atoms with Crippen LogP contribution in [0.3, 0.4) is 0 Å². The monoisotopic (exact) mass is 407 g/mol. The normalized spacial score (nSPS) is 17.7. The van der Waals surface area contributed by atoms with Gasteiger partial charge in [0.1, 0.15) is 0 Å². The van der Waals surface area contributed by atoms with Gasteiger partial charge in [-0.2, -0.15) is 0 Å². The molecule has 0 aromatic heterocycles. The molecule has 0 bridgehead atoms. The van der Waals surface area contributed by atoms with E-state index in [-0.39, 0.29) is 18.3 Å². The van der Waals surface area contributed by atoms with E-state index >= 15 is 0 Å². The number of carbonyl (C=O) groups is 1. The molecule has 0 radical (unpaired) electrons. The largest absolute Gasteiger partial charge is 0.353 e. The topological polar surface area (TPSA) is 38.8 Å². The number of anilines is 2. The first kappa shape index (κ1) is 22.3. The zero-order chi connectivity index (χ0) is 21.0. The van der Waals surface area contributed by atoms with Gasteiger partial charge in [0.2, 0.25) is 0 Å². The molecule has 2 aromatic rings. The van der Waals surface area contributed by atoms with Crippen molar-refractivity contribution in [3.05, 3.63) is 72.8 Å². The highest BCUT2D eigenvalue weighted by Crippen LogP contribution is 2.25. The standard InChI is InChI=1S/C26H33NO3/c1-2-13-24(30-26-20-11-12-21-29-26)18-9-10-19-25(28)27(22-14-5-3-6-15-22)23-16-7-4-8-17-23/h3-8,10,14-17,19,24,26H,2,9,11-13,18,20-21H2,1H3/b19-10-. The molecular formula is C26H33NO3. The van der Waals surface area contributed by atoms with Crippen LogP contribution < -0.4 is 4.90 Å². The van der Waals surface area contributed by atoms with Gasteiger partial charge in [0.05, 0.1) is 6.10 Å². The number of allylic oxidation sites excluding steroid dienone is 1. The Hall–Kier alpha value is -2.43. The average Bonchev–Trinajstić information content (AvgIpc) is 2.79. The minimum atomic E-state index is -0.0624. The van der Waals surface area contributed by atoms with Gasteiger partial charge in [-0.25, -0.2) is 0 Å². The predicted molar refractivity (Wildman–Crippen MR) is 122 cm³/mol. The first-order chi connectivity index (χ1) is 14.8. The Morgan fingerprint density at radius 1 is 1.07 bits per heavy atom. The molecular weight excluding hydrogens is 374 g/mol. The number of hydrogen-bond donors (Lipinski definition) is 0. The second-order valence-corrected chi connectivity index (χ2v) is 7.67. The van der Waals surface area contributed by atoms with Crippen LogP contribution in [0.15, 0.2) is 72.8 Å². The Morgan fingerprint density at radius 2 is 1.73 bits per heavy atom. The summed E-state index contributed by atoms with van der Waals surface area (Å²) in [5, 5.41) is 0. The summed E-state index contributed by atoms with van der Waals surface area (Å²) < 4.78 is 11.9. The quantitative estimate of drug-likeness (QED) is 0.428. The van der Waals surface area contributed by atoms with Crippen molar-refractivity contribution in [2.24, 2.45) is 0 Å². The van der Waals surface area contributed by atoms with Crippen LogP contribution in [0.4, 0.5) is 11.4 Å². The molecule has 4 heteroatoms. The van der Waals surface area contributed by atoms with E-state index in [0.29, 0.717) is 0 Å². The molecule has 0 aliphatic carbocycles. The summed E-state index contributed by atoms with van der Waals surface area (Å²) in [4.78, 5) is 14.8. The summed E-state index contributed by atoms with van der Waals surface area (Å²) in [5.74, 6) is -0.0454. The van der Waals surface area contributed by atoms with Gasteiger partial charge in [-0.1, -0.05) is 55.8 Å². The molecule has 1 fully saturated rings. The third kappa shape index (κ3) is 6.82. The Morgan fingerprint density at radius 3 is 2.30 bits per heavy atom. The van der Waals surface area contributed by atoms with Crippen LogP contribution in [0, 0.1) is 0 Å². The van der Waals surface area contributed by atoms with Gasteiger partial charge in [-0.3, -0.25) is 9.69 Å². The molecule has 1 saturated heterocycles. The van der Waals surface area contributed by atoms with E-state index in [9.17, 15) is 4.79 Å². The Labute approximate surface area is 180 Å². The Bertz CT molecular complexity index is 730. The Kier molecular flexibility index (Phi) is 9.13. The lowest BCUT2D eigenvalue weighted by Crippen LogP contribution is -2.28. The van der Waals surface area contributed by atoms with Crippen molar-refractivity contribution in [3.63, 3.8) is 0 Å². The maximum atomic E-state index is 13.0. The maximum Gasteiger partial charge on any atom is 0.255 e. The highest BCUT2D eigenvalue weighted by Gasteiger charge is 2.19. The smallest absolute Gasteiger partial charge is 0.255 e. The van der Waals surface area contributed by atoms with E-state index in [0.717, 1.165) is 56.5 Å². The molecule has 2 atom stereocenters. The molecule has 1 heterocycles. The fourth-order valence-electron chi connectivity index (χ4n) is 3.73. The minimum Gasteiger partial charge on any atom is -0.353 e. The van der Waals surface area contributed by atoms with Crippen LogP contribution in [0.5, 0.6) is 0 Å². The third-order valence-corrected chi connectivity index (χ3v) is 5.26.